The molecule has 0 saturated carbocycles. The summed E-state index contributed by atoms with van der Waals surface area (Å²) in [7, 11) is 0. The van der Waals surface area contributed by atoms with Crippen LogP contribution in [0.5, 0.6) is 11.5 Å². The van der Waals surface area contributed by atoms with E-state index in [1.54, 1.807) is 12.4 Å². The van der Waals surface area contributed by atoms with Crippen LogP contribution in [0.4, 0.5) is 17.1 Å². The number of nitrogens with two attached hydrogens (primary N) is 1. The number of hydrogen-bond donors (Lipinski definition) is 2. The quantitative estimate of drug-likeness (QED) is 0.845. The van der Waals surface area contributed by atoms with Gasteiger partial charge in [0.15, 0.2) is 11.5 Å². The molecule has 0 spiro atoms. The second-order valence-corrected chi connectivity index (χ2v) is 4.16. The first-order chi connectivity index (χ1) is 9.72. The molecule has 0 unspecified atom stereocenters. The number of nitrogens with zero attached hydrogens (tertiary/aromatic N) is 1. The van der Waals surface area contributed by atoms with Gasteiger partial charge in [-0.1, -0.05) is 0 Å². The smallest absolute Gasteiger partial charge is 0.163 e. The van der Waals surface area contributed by atoms with Gasteiger partial charge < -0.3 is 20.5 Å². The van der Waals surface area contributed by atoms with Gasteiger partial charge in [-0.15, -0.1) is 0 Å². The van der Waals surface area contributed by atoms with Gasteiger partial charge in [0.2, 0.25) is 0 Å². The summed E-state index contributed by atoms with van der Waals surface area (Å²) < 4.78 is 11.1. The van der Waals surface area contributed by atoms with Gasteiger partial charge in [0, 0.05) is 18.0 Å². The molecule has 0 radical (unpaired) electrons. The van der Waals surface area contributed by atoms with E-state index in [-0.39, 0.29) is 0 Å². The van der Waals surface area contributed by atoms with Crippen molar-refractivity contribution in [1.82, 2.24) is 4.98 Å². The van der Waals surface area contributed by atoms with Crippen molar-refractivity contribution in [2.24, 2.45) is 0 Å². The van der Waals surface area contributed by atoms with E-state index in [1.165, 1.54) is 0 Å². The summed E-state index contributed by atoms with van der Waals surface area (Å²) in [6.45, 7) is 5.08. The fourth-order valence-corrected chi connectivity index (χ4v) is 1.82. The maximum atomic E-state index is 5.71. The summed E-state index contributed by atoms with van der Waals surface area (Å²) in [6.07, 6.45) is 3.32. The molecule has 5 nitrogen and oxygen atoms in total. The Hall–Kier alpha value is -2.43. The Morgan fingerprint density at radius 2 is 1.75 bits per heavy atom. The summed E-state index contributed by atoms with van der Waals surface area (Å²) >= 11 is 0. The molecule has 0 bridgehead atoms. The SMILES string of the molecule is CCOc1ccc(Nc2cncc(N)c2)cc1OCC. The maximum absolute atomic E-state index is 5.71. The lowest BCUT2D eigenvalue weighted by Gasteiger charge is -2.13. The summed E-state index contributed by atoms with van der Waals surface area (Å²) in [6, 6.07) is 7.54. The molecule has 0 amide bonds. The van der Waals surface area contributed by atoms with Crippen LogP contribution in [0.15, 0.2) is 36.7 Å². The van der Waals surface area contributed by atoms with Crippen molar-refractivity contribution in [3.05, 3.63) is 36.7 Å². The highest BCUT2D eigenvalue weighted by atomic mass is 16.5. The van der Waals surface area contributed by atoms with Crippen molar-refractivity contribution >= 4 is 17.1 Å². The minimum atomic E-state index is 0.587. The molecule has 20 heavy (non-hydrogen) atoms. The Labute approximate surface area is 118 Å². The lowest BCUT2D eigenvalue weighted by atomic mass is 10.2. The van der Waals surface area contributed by atoms with Gasteiger partial charge in [0.25, 0.3) is 0 Å². The first-order valence-corrected chi connectivity index (χ1v) is 6.60. The molecule has 2 aromatic rings. The molecule has 5 heteroatoms. The average molecular weight is 273 g/mol. The molecule has 106 valence electrons. The number of anilines is 3. The largest absolute Gasteiger partial charge is 0.490 e. The predicted octanol–water partition coefficient (Wildman–Crippen LogP) is 3.20. The van der Waals surface area contributed by atoms with Gasteiger partial charge in [0.05, 0.1) is 30.8 Å². The van der Waals surface area contributed by atoms with Gasteiger partial charge in [-0.2, -0.15) is 0 Å². The summed E-state index contributed by atoms with van der Waals surface area (Å²) in [5.41, 5.74) is 8.05. The Morgan fingerprint density at radius 3 is 2.45 bits per heavy atom. The van der Waals surface area contributed by atoms with Crippen LogP contribution < -0.4 is 20.5 Å². The number of ether oxygens (including phenoxy) is 2. The number of benzene rings is 1. The van der Waals surface area contributed by atoms with Crippen molar-refractivity contribution in [1.29, 1.82) is 0 Å². The molecule has 0 fully saturated rings. The van der Waals surface area contributed by atoms with Crippen molar-refractivity contribution in [3.8, 4) is 11.5 Å². The van der Waals surface area contributed by atoms with Crippen LogP contribution in [0.1, 0.15) is 13.8 Å². The van der Waals surface area contributed by atoms with Crippen molar-refractivity contribution in [3.63, 3.8) is 0 Å². The molecule has 1 aromatic heterocycles. The zero-order valence-electron chi connectivity index (χ0n) is 11.7. The topological polar surface area (TPSA) is 69.4 Å². The van der Waals surface area contributed by atoms with E-state index in [9.17, 15) is 0 Å². The zero-order chi connectivity index (χ0) is 14.4. The number of nitrogen functional groups attached to an aromatic ring is 1. The van der Waals surface area contributed by atoms with Crippen LogP contribution in [-0.2, 0) is 0 Å². The molecular weight excluding hydrogens is 254 g/mol. The van der Waals surface area contributed by atoms with E-state index >= 15 is 0 Å². The van der Waals surface area contributed by atoms with E-state index in [0.29, 0.717) is 18.9 Å². The number of pyridine rings is 1. The van der Waals surface area contributed by atoms with E-state index in [1.807, 2.05) is 38.1 Å². The van der Waals surface area contributed by atoms with Gasteiger partial charge >= 0.3 is 0 Å². The molecular formula is C15H19N3O2. The second kappa shape index (κ2) is 6.65. The fourth-order valence-electron chi connectivity index (χ4n) is 1.82. The van der Waals surface area contributed by atoms with Crippen LogP contribution in [0, 0.1) is 0 Å². The van der Waals surface area contributed by atoms with Gasteiger partial charge in [-0.25, -0.2) is 0 Å². The van der Waals surface area contributed by atoms with Crippen molar-refractivity contribution in [2.45, 2.75) is 13.8 Å². The lowest BCUT2D eigenvalue weighted by molar-refractivity contribution is 0.288. The monoisotopic (exact) mass is 273 g/mol. The Kier molecular flexibility index (Phi) is 4.65. The lowest BCUT2D eigenvalue weighted by Crippen LogP contribution is -2.00. The van der Waals surface area contributed by atoms with E-state index < -0.39 is 0 Å². The number of aromatic nitrogens is 1. The molecule has 3 N–H and O–H groups in total. The minimum Gasteiger partial charge on any atom is -0.490 e. The third-order valence-electron chi connectivity index (χ3n) is 2.59. The van der Waals surface area contributed by atoms with E-state index in [4.69, 9.17) is 15.2 Å². The highest BCUT2D eigenvalue weighted by Crippen LogP contribution is 2.31. The third-order valence-corrected chi connectivity index (χ3v) is 2.59. The molecule has 2 rings (SSSR count). The molecule has 0 aliphatic carbocycles. The van der Waals surface area contributed by atoms with Crippen molar-refractivity contribution in [2.75, 3.05) is 24.3 Å². The molecule has 0 atom stereocenters. The van der Waals surface area contributed by atoms with Crippen LogP contribution in [0.3, 0.4) is 0 Å². The molecule has 0 saturated heterocycles. The number of nitrogens with one attached hydrogen (secondary N) is 1. The second-order valence-electron chi connectivity index (χ2n) is 4.16. The zero-order valence-corrected chi connectivity index (χ0v) is 11.7. The van der Waals surface area contributed by atoms with E-state index in [2.05, 4.69) is 10.3 Å². The molecule has 0 aliphatic heterocycles. The number of rotatable bonds is 6. The van der Waals surface area contributed by atoms with Crippen molar-refractivity contribution < 1.29 is 9.47 Å². The Balaban J connectivity index is 2.22. The molecule has 1 heterocycles. The van der Waals surface area contributed by atoms with Gasteiger partial charge in [-0.05, 0) is 32.0 Å². The highest BCUT2D eigenvalue weighted by Gasteiger charge is 2.06. The first-order valence-electron chi connectivity index (χ1n) is 6.60. The van der Waals surface area contributed by atoms with Gasteiger partial charge in [0.1, 0.15) is 0 Å². The summed E-state index contributed by atoms with van der Waals surface area (Å²) in [5, 5.41) is 3.23. The predicted molar refractivity (Wildman–Crippen MR) is 80.7 cm³/mol. The fraction of sp³-hybridized carbons (Fsp3) is 0.267. The van der Waals surface area contributed by atoms with Crippen LogP contribution in [0.25, 0.3) is 0 Å². The van der Waals surface area contributed by atoms with Gasteiger partial charge in [-0.3, -0.25) is 4.98 Å². The van der Waals surface area contributed by atoms with E-state index in [0.717, 1.165) is 22.9 Å². The Morgan fingerprint density at radius 1 is 1.00 bits per heavy atom. The molecule has 1 aromatic carbocycles. The number of hydrogen-bond acceptors (Lipinski definition) is 5. The van der Waals surface area contributed by atoms with Crippen LogP contribution in [-0.4, -0.2) is 18.2 Å². The summed E-state index contributed by atoms with van der Waals surface area (Å²) in [4.78, 5) is 4.04. The third kappa shape index (κ3) is 3.54. The standard InChI is InChI=1S/C15H19N3O2/c1-3-19-14-6-5-12(8-15(14)20-4-2)18-13-7-11(16)9-17-10-13/h5-10,18H,3-4,16H2,1-2H3. The Bertz CT molecular complexity index is 573. The molecule has 0 aliphatic rings. The van der Waals surface area contributed by atoms with Crippen LogP contribution in [0.2, 0.25) is 0 Å². The maximum Gasteiger partial charge on any atom is 0.163 e. The summed E-state index contributed by atoms with van der Waals surface area (Å²) in [5.74, 6) is 1.46. The minimum absolute atomic E-state index is 0.587. The van der Waals surface area contributed by atoms with Crippen LogP contribution >= 0.6 is 0 Å². The highest BCUT2D eigenvalue weighted by molar-refractivity contribution is 5.65. The normalized spacial score (nSPS) is 10.1. The first kappa shape index (κ1) is 14.0. The average Bonchev–Trinajstić information content (AvgIpc) is 2.42.